The van der Waals surface area contributed by atoms with E-state index in [-0.39, 0.29) is 11.9 Å². The van der Waals surface area contributed by atoms with Crippen LogP contribution in [-0.4, -0.2) is 41.0 Å². The Balaban J connectivity index is 1.62. The number of nitrogens with zero attached hydrogens (tertiary/aromatic N) is 2. The topological polar surface area (TPSA) is 100 Å². The first-order valence-electron chi connectivity index (χ1n) is 9.58. The van der Waals surface area contributed by atoms with Crippen LogP contribution in [0.15, 0.2) is 54.7 Å². The van der Waals surface area contributed by atoms with Crippen molar-refractivity contribution in [2.75, 3.05) is 18.4 Å². The number of amides is 3. The Morgan fingerprint density at radius 3 is 2.72 bits per heavy atom. The number of nitrogens with one attached hydrogen (secondary N) is 2. The van der Waals surface area contributed by atoms with E-state index >= 15 is 0 Å². The third-order valence-electron chi connectivity index (χ3n) is 5.31. The van der Waals surface area contributed by atoms with E-state index in [0.29, 0.717) is 18.8 Å². The van der Waals surface area contributed by atoms with Crippen molar-refractivity contribution in [3.63, 3.8) is 0 Å². The van der Waals surface area contributed by atoms with Gasteiger partial charge in [0.2, 0.25) is 5.91 Å². The highest BCUT2D eigenvalue weighted by Crippen LogP contribution is 2.33. The molecule has 1 fully saturated rings. The second-order valence-corrected chi connectivity index (χ2v) is 7.17. The van der Waals surface area contributed by atoms with Crippen LogP contribution in [0.4, 0.5) is 10.5 Å². The second kappa shape index (κ2) is 7.89. The summed E-state index contributed by atoms with van der Waals surface area (Å²) in [4.78, 5) is 29.9. The highest BCUT2D eigenvalue weighted by molar-refractivity contribution is 6.07. The smallest absolute Gasteiger partial charge is 0.316 e. The minimum Gasteiger partial charge on any atom is -0.353 e. The van der Waals surface area contributed by atoms with Crippen molar-refractivity contribution in [1.82, 2.24) is 15.2 Å². The molecule has 7 nitrogen and oxygen atoms in total. The van der Waals surface area contributed by atoms with E-state index in [2.05, 4.69) is 20.5 Å². The van der Waals surface area contributed by atoms with Crippen molar-refractivity contribution < 1.29 is 9.59 Å². The predicted octanol–water partition coefficient (Wildman–Crippen LogP) is 2.71. The molecule has 1 unspecified atom stereocenters. The molecule has 3 amide bonds. The summed E-state index contributed by atoms with van der Waals surface area (Å²) >= 11 is 0. The number of fused-ring (bicyclic) bond motifs is 1. The molecule has 2 heterocycles. The monoisotopic (exact) mass is 389 g/mol. The van der Waals surface area contributed by atoms with Crippen LogP contribution in [0.2, 0.25) is 0 Å². The van der Waals surface area contributed by atoms with Gasteiger partial charge in [0, 0.05) is 36.8 Å². The van der Waals surface area contributed by atoms with Crippen LogP contribution in [0.5, 0.6) is 0 Å². The van der Waals surface area contributed by atoms with Crippen LogP contribution in [0, 0.1) is 0 Å². The SMILES string of the molecule is CC1C(=O)NCCN1Cc1ccc(-c2ccc(NC(N)=O)c3ccccc23)cn1. The van der Waals surface area contributed by atoms with E-state index in [4.69, 9.17) is 5.73 Å². The number of hydrogen-bond acceptors (Lipinski definition) is 4. The van der Waals surface area contributed by atoms with E-state index < -0.39 is 6.03 Å². The van der Waals surface area contributed by atoms with Gasteiger partial charge in [-0.2, -0.15) is 0 Å². The molecular weight excluding hydrogens is 366 g/mol. The summed E-state index contributed by atoms with van der Waals surface area (Å²) in [6.45, 7) is 4.03. The number of piperazine rings is 1. The Morgan fingerprint density at radius 2 is 2.00 bits per heavy atom. The number of carbonyl (C=O) groups is 2. The zero-order valence-corrected chi connectivity index (χ0v) is 16.2. The van der Waals surface area contributed by atoms with Crippen molar-refractivity contribution in [3.8, 4) is 11.1 Å². The maximum atomic E-state index is 11.8. The van der Waals surface area contributed by atoms with Crippen molar-refractivity contribution >= 4 is 28.4 Å². The van der Waals surface area contributed by atoms with Crippen molar-refractivity contribution in [2.24, 2.45) is 5.73 Å². The number of pyridine rings is 1. The molecule has 1 atom stereocenters. The Kier molecular flexibility index (Phi) is 5.14. The maximum Gasteiger partial charge on any atom is 0.316 e. The van der Waals surface area contributed by atoms with Gasteiger partial charge in [0.1, 0.15) is 0 Å². The standard InChI is InChI=1S/C22H23N5O2/c1-14-21(28)24-10-11-27(14)13-16-7-6-15(12-25-16)17-8-9-20(26-22(23)29)19-5-3-2-4-18(17)19/h2-9,12,14H,10-11,13H2,1H3,(H,24,28)(H3,23,26,29). The van der Waals surface area contributed by atoms with Crippen molar-refractivity contribution in [3.05, 3.63) is 60.4 Å². The maximum absolute atomic E-state index is 11.8. The number of hydrogen-bond donors (Lipinski definition) is 3. The molecule has 1 aromatic heterocycles. The van der Waals surface area contributed by atoms with Gasteiger partial charge in [0.05, 0.1) is 17.4 Å². The van der Waals surface area contributed by atoms with E-state index in [1.807, 2.05) is 61.7 Å². The van der Waals surface area contributed by atoms with Gasteiger partial charge in [-0.15, -0.1) is 0 Å². The summed E-state index contributed by atoms with van der Waals surface area (Å²) < 4.78 is 0. The molecule has 148 valence electrons. The Labute approximate surface area is 168 Å². The quantitative estimate of drug-likeness (QED) is 0.639. The van der Waals surface area contributed by atoms with Crippen molar-refractivity contribution in [1.29, 1.82) is 0 Å². The summed E-state index contributed by atoms with van der Waals surface area (Å²) in [5.41, 5.74) is 8.90. The zero-order chi connectivity index (χ0) is 20.4. The average molecular weight is 389 g/mol. The number of nitrogens with two attached hydrogens (primary N) is 1. The lowest BCUT2D eigenvalue weighted by Crippen LogP contribution is -2.53. The average Bonchev–Trinajstić information content (AvgIpc) is 2.72. The van der Waals surface area contributed by atoms with Crippen molar-refractivity contribution in [2.45, 2.75) is 19.5 Å². The molecule has 1 aliphatic rings. The first kappa shape index (κ1) is 18.9. The Morgan fingerprint density at radius 1 is 1.21 bits per heavy atom. The Hall–Kier alpha value is -3.45. The molecule has 7 heteroatoms. The summed E-state index contributed by atoms with van der Waals surface area (Å²) in [5.74, 6) is 0.0593. The highest BCUT2D eigenvalue weighted by atomic mass is 16.2. The zero-order valence-electron chi connectivity index (χ0n) is 16.2. The van der Waals surface area contributed by atoms with Gasteiger partial charge in [0.25, 0.3) is 0 Å². The van der Waals surface area contributed by atoms with E-state index in [9.17, 15) is 9.59 Å². The first-order valence-corrected chi connectivity index (χ1v) is 9.58. The summed E-state index contributed by atoms with van der Waals surface area (Å²) in [5, 5.41) is 7.48. The van der Waals surface area contributed by atoms with E-state index in [0.717, 1.165) is 34.1 Å². The van der Waals surface area contributed by atoms with Gasteiger partial charge in [0.15, 0.2) is 0 Å². The van der Waals surface area contributed by atoms with Gasteiger partial charge in [-0.3, -0.25) is 14.7 Å². The third-order valence-corrected chi connectivity index (χ3v) is 5.31. The fourth-order valence-corrected chi connectivity index (χ4v) is 3.72. The normalized spacial score (nSPS) is 17.1. The molecular formula is C22H23N5O2. The van der Waals surface area contributed by atoms with Crippen LogP contribution in [0.3, 0.4) is 0 Å². The highest BCUT2D eigenvalue weighted by Gasteiger charge is 2.25. The molecule has 2 aromatic carbocycles. The molecule has 4 rings (SSSR count). The summed E-state index contributed by atoms with van der Waals surface area (Å²) in [6.07, 6.45) is 1.85. The lowest BCUT2D eigenvalue weighted by molar-refractivity contribution is -0.128. The number of benzene rings is 2. The van der Waals surface area contributed by atoms with Crippen LogP contribution in [-0.2, 0) is 11.3 Å². The largest absolute Gasteiger partial charge is 0.353 e. The lowest BCUT2D eigenvalue weighted by atomic mass is 9.98. The molecule has 0 saturated carbocycles. The fraction of sp³-hybridized carbons (Fsp3) is 0.227. The molecule has 1 aliphatic heterocycles. The van der Waals surface area contributed by atoms with Gasteiger partial charge >= 0.3 is 6.03 Å². The molecule has 4 N–H and O–H groups in total. The summed E-state index contributed by atoms with van der Waals surface area (Å²) in [6, 6.07) is 15.0. The fourth-order valence-electron chi connectivity index (χ4n) is 3.72. The van der Waals surface area contributed by atoms with Crippen LogP contribution >= 0.6 is 0 Å². The minimum absolute atomic E-state index is 0.0593. The van der Waals surface area contributed by atoms with Gasteiger partial charge < -0.3 is 16.4 Å². The molecule has 0 spiro atoms. The summed E-state index contributed by atoms with van der Waals surface area (Å²) in [7, 11) is 0. The minimum atomic E-state index is -0.588. The number of carbonyl (C=O) groups excluding carboxylic acids is 2. The third kappa shape index (κ3) is 3.90. The molecule has 3 aromatic rings. The second-order valence-electron chi connectivity index (χ2n) is 7.17. The number of rotatable bonds is 4. The number of urea groups is 1. The van der Waals surface area contributed by atoms with Gasteiger partial charge in [-0.05, 0) is 30.0 Å². The Bertz CT molecular complexity index is 1060. The molecule has 0 bridgehead atoms. The predicted molar refractivity (Wildman–Crippen MR) is 113 cm³/mol. The van der Waals surface area contributed by atoms with E-state index in [1.165, 1.54) is 0 Å². The first-order chi connectivity index (χ1) is 14.0. The van der Waals surface area contributed by atoms with E-state index in [1.54, 1.807) is 0 Å². The molecule has 0 radical (unpaired) electrons. The van der Waals surface area contributed by atoms with Crippen LogP contribution in [0.1, 0.15) is 12.6 Å². The molecule has 1 saturated heterocycles. The van der Waals surface area contributed by atoms with Gasteiger partial charge in [-0.1, -0.05) is 36.4 Å². The number of aromatic nitrogens is 1. The molecule has 0 aliphatic carbocycles. The van der Waals surface area contributed by atoms with Crippen LogP contribution in [0.25, 0.3) is 21.9 Å². The molecule has 29 heavy (non-hydrogen) atoms. The van der Waals surface area contributed by atoms with Crippen LogP contribution < -0.4 is 16.4 Å². The lowest BCUT2D eigenvalue weighted by Gasteiger charge is -2.32. The number of anilines is 1. The van der Waals surface area contributed by atoms with Gasteiger partial charge in [-0.25, -0.2) is 4.79 Å². The number of primary amides is 1.